The molecule has 5 atom stereocenters. The molecule has 9 heteroatoms. The zero-order valence-corrected chi connectivity index (χ0v) is 11.8. The first-order valence-corrected chi connectivity index (χ1v) is 6.13. The number of aliphatic hydroxyl groups is 4. The second kappa shape index (κ2) is 5.78. The summed E-state index contributed by atoms with van der Waals surface area (Å²) in [5, 5.41) is 39.4. The Morgan fingerprint density at radius 1 is 1.14 bits per heavy atom. The third kappa shape index (κ3) is 2.47. The van der Waals surface area contributed by atoms with Gasteiger partial charge in [-0.05, 0) is 6.92 Å². The summed E-state index contributed by atoms with van der Waals surface area (Å²) >= 11 is 0. The van der Waals surface area contributed by atoms with Crippen molar-refractivity contribution in [3.05, 3.63) is 0 Å². The third-order valence-electron chi connectivity index (χ3n) is 3.42. The highest BCUT2D eigenvalue weighted by Crippen LogP contribution is 2.41. The second-order valence-corrected chi connectivity index (χ2v) is 4.86. The summed E-state index contributed by atoms with van der Waals surface area (Å²) in [4.78, 5) is 34.9. The van der Waals surface area contributed by atoms with E-state index >= 15 is 0 Å². The predicted molar refractivity (Wildman–Crippen MR) is 64.8 cm³/mol. The molecule has 1 heterocycles. The predicted octanol–water partition coefficient (Wildman–Crippen LogP) is -2.73. The molecule has 0 aromatic rings. The molecule has 1 aliphatic rings. The fourth-order valence-corrected chi connectivity index (χ4v) is 2.33. The van der Waals surface area contributed by atoms with E-state index in [1.165, 1.54) is 0 Å². The number of esters is 1. The summed E-state index contributed by atoms with van der Waals surface area (Å²) in [6.45, 7) is 1.76. The van der Waals surface area contributed by atoms with Gasteiger partial charge in [0.05, 0.1) is 6.61 Å². The van der Waals surface area contributed by atoms with Gasteiger partial charge in [0.1, 0.15) is 18.3 Å². The van der Waals surface area contributed by atoms with Gasteiger partial charge in [-0.1, -0.05) is 0 Å². The fraction of sp³-hybridized carbons (Fsp3) is 0.750. The van der Waals surface area contributed by atoms with E-state index in [0.29, 0.717) is 0 Å². The van der Waals surface area contributed by atoms with Crippen LogP contribution in [0.2, 0.25) is 0 Å². The van der Waals surface area contributed by atoms with Crippen molar-refractivity contribution >= 4 is 17.5 Å². The Morgan fingerprint density at radius 3 is 2.00 bits per heavy atom. The number of Topliss-reactive ketones (excluding diaryl/α,β-unsaturated/α-hetero) is 2. The van der Waals surface area contributed by atoms with Crippen LogP contribution >= 0.6 is 0 Å². The zero-order chi connectivity index (χ0) is 16.6. The summed E-state index contributed by atoms with van der Waals surface area (Å²) in [5.41, 5.74) is -3.00. The molecule has 0 bridgehead atoms. The van der Waals surface area contributed by atoms with Crippen LogP contribution in [0.5, 0.6) is 0 Å². The molecule has 0 aromatic carbocycles. The normalized spacial score (nSPS) is 39.7. The highest BCUT2D eigenvalue weighted by Gasteiger charge is 2.71. The van der Waals surface area contributed by atoms with Crippen LogP contribution in [0.1, 0.15) is 20.8 Å². The van der Waals surface area contributed by atoms with Crippen molar-refractivity contribution in [1.29, 1.82) is 0 Å². The van der Waals surface area contributed by atoms with Gasteiger partial charge in [0.2, 0.25) is 11.4 Å². The molecule has 1 rings (SSSR count). The number of ether oxygens (including phenoxy) is 2. The number of hydrogen-bond acceptors (Lipinski definition) is 9. The van der Waals surface area contributed by atoms with E-state index < -0.39 is 53.8 Å². The largest absolute Gasteiger partial charge is 0.422 e. The summed E-state index contributed by atoms with van der Waals surface area (Å²) < 4.78 is 9.74. The first-order valence-electron chi connectivity index (χ1n) is 6.13. The minimum Gasteiger partial charge on any atom is -0.422 e. The first-order chi connectivity index (χ1) is 9.54. The molecular formula is C12H18O9. The standard InChI is InChI=1S/C12H18O9/c1-5(14)11(19)10(18)9(17)8(4-13)21-12(11,6(2)15)20-7(3)16/h8-10,13,17-19H,4H2,1-3H3/t8-,9-,10+,11-,12-/m1/s1. The van der Waals surface area contributed by atoms with Crippen molar-refractivity contribution < 1.29 is 44.3 Å². The van der Waals surface area contributed by atoms with Crippen LogP contribution in [0.3, 0.4) is 0 Å². The molecular weight excluding hydrogens is 288 g/mol. The number of hydrogen-bond donors (Lipinski definition) is 4. The number of ketones is 2. The summed E-state index contributed by atoms with van der Waals surface area (Å²) in [5.74, 6) is -6.15. The van der Waals surface area contributed by atoms with Crippen LogP contribution in [-0.2, 0) is 23.9 Å². The van der Waals surface area contributed by atoms with Crippen molar-refractivity contribution in [2.24, 2.45) is 0 Å². The topological polar surface area (TPSA) is 151 Å². The SMILES string of the molecule is CC(=O)O[C@]1(C(C)=O)O[C@H](CO)[C@@H](O)[C@H](O)[C@]1(O)C(C)=O. The van der Waals surface area contributed by atoms with Crippen LogP contribution in [0.25, 0.3) is 0 Å². The Kier molecular flexibility index (Phi) is 4.86. The van der Waals surface area contributed by atoms with Gasteiger partial charge in [-0.2, -0.15) is 0 Å². The van der Waals surface area contributed by atoms with E-state index in [1.807, 2.05) is 0 Å². The lowest BCUT2D eigenvalue weighted by atomic mass is 9.75. The second-order valence-electron chi connectivity index (χ2n) is 4.86. The molecule has 0 amide bonds. The van der Waals surface area contributed by atoms with Crippen molar-refractivity contribution in [3.63, 3.8) is 0 Å². The number of carbonyl (C=O) groups is 3. The van der Waals surface area contributed by atoms with Crippen LogP contribution in [-0.4, -0.2) is 74.3 Å². The lowest BCUT2D eigenvalue weighted by Crippen LogP contribution is -2.78. The summed E-state index contributed by atoms with van der Waals surface area (Å²) in [7, 11) is 0. The van der Waals surface area contributed by atoms with Crippen molar-refractivity contribution in [2.45, 2.75) is 50.5 Å². The minimum absolute atomic E-state index is 0.833. The molecule has 0 aromatic heterocycles. The maximum absolute atomic E-state index is 11.9. The van der Waals surface area contributed by atoms with Crippen molar-refractivity contribution in [3.8, 4) is 0 Å². The van der Waals surface area contributed by atoms with Gasteiger partial charge in [0, 0.05) is 13.8 Å². The van der Waals surface area contributed by atoms with Gasteiger partial charge in [-0.15, -0.1) is 0 Å². The van der Waals surface area contributed by atoms with Crippen LogP contribution in [0.4, 0.5) is 0 Å². The van der Waals surface area contributed by atoms with Gasteiger partial charge in [0.25, 0.3) is 0 Å². The lowest BCUT2D eigenvalue weighted by molar-refractivity contribution is -0.357. The third-order valence-corrected chi connectivity index (χ3v) is 3.42. The Hall–Kier alpha value is -1.39. The summed E-state index contributed by atoms with van der Waals surface area (Å²) in [6.07, 6.45) is -5.61. The van der Waals surface area contributed by atoms with E-state index in [9.17, 15) is 29.7 Å². The van der Waals surface area contributed by atoms with E-state index in [-0.39, 0.29) is 0 Å². The van der Waals surface area contributed by atoms with Crippen LogP contribution in [0, 0.1) is 0 Å². The first kappa shape index (κ1) is 17.7. The van der Waals surface area contributed by atoms with Gasteiger partial charge < -0.3 is 29.9 Å². The maximum atomic E-state index is 11.9. The van der Waals surface area contributed by atoms with Crippen molar-refractivity contribution in [2.75, 3.05) is 6.61 Å². The molecule has 21 heavy (non-hydrogen) atoms. The highest BCUT2D eigenvalue weighted by molar-refractivity contribution is 5.98. The molecule has 1 fully saturated rings. The van der Waals surface area contributed by atoms with Gasteiger partial charge in [-0.3, -0.25) is 14.4 Å². The average molecular weight is 306 g/mol. The quantitative estimate of drug-likeness (QED) is 0.406. The van der Waals surface area contributed by atoms with E-state index in [4.69, 9.17) is 14.6 Å². The molecule has 0 spiro atoms. The van der Waals surface area contributed by atoms with Crippen molar-refractivity contribution in [1.82, 2.24) is 0 Å². The highest BCUT2D eigenvalue weighted by atomic mass is 16.7. The van der Waals surface area contributed by atoms with E-state index in [0.717, 1.165) is 20.8 Å². The smallest absolute Gasteiger partial charge is 0.312 e. The van der Waals surface area contributed by atoms with Gasteiger partial charge in [0.15, 0.2) is 5.78 Å². The number of aliphatic hydroxyl groups excluding tert-OH is 3. The Morgan fingerprint density at radius 2 is 1.67 bits per heavy atom. The molecule has 0 radical (unpaired) electrons. The zero-order valence-electron chi connectivity index (χ0n) is 11.8. The van der Waals surface area contributed by atoms with Gasteiger partial charge in [-0.25, -0.2) is 0 Å². The maximum Gasteiger partial charge on any atom is 0.312 e. The van der Waals surface area contributed by atoms with E-state index in [1.54, 1.807) is 0 Å². The van der Waals surface area contributed by atoms with Crippen LogP contribution in [0.15, 0.2) is 0 Å². The Labute approximate surface area is 120 Å². The molecule has 0 aliphatic carbocycles. The van der Waals surface area contributed by atoms with Gasteiger partial charge >= 0.3 is 11.8 Å². The van der Waals surface area contributed by atoms with Crippen LogP contribution < -0.4 is 0 Å². The molecule has 1 saturated heterocycles. The lowest BCUT2D eigenvalue weighted by Gasteiger charge is -2.51. The molecule has 9 nitrogen and oxygen atoms in total. The minimum atomic E-state index is -3.00. The summed E-state index contributed by atoms with van der Waals surface area (Å²) in [6, 6.07) is 0. The molecule has 120 valence electrons. The fourth-order valence-electron chi connectivity index (χ4n) is 2.33. The van der Waals surface area contributed by atoms with E-state index in [2.05, 4.69) is 0 Å². The Bertz CT molecular complexity index is 462. The molecule has 1 aliphatic heterocycles. The monoisotopic (exact) mass is 306 g/mol. The number of carbonyl (C=O) groups excluding carboxylic acids is 3. The average Bonchev–Trinajstić information content (AvgIpc) is 2.38. The molecule has 4 N–H and O–H groups in total. The Balaban J connectivity index is 3.55. The number of rotatable bonds is 4. The molecule has 0 unspecified atom stereocenters. The molecule has 0 saturated carbocycles.